The van der Waals surface area contributed by atoms with Gasteiger partial charge in [-0.25, -0.2) is 4.79 Å². The van der Waals surface area contributed by atoms with E-state index in [4.69, 9.17) is 0 Å². The van der Waals surface area contributed by atoms with Crippen molar-refractivity contribution in [1.29, 1.82) is 0 Å². The molecule has 0 spiro atoms. The number of amides is 2. The number of carbonyl (C=O) groups excluding carboxylic acids is 2. The van der Waals surface area contributed by atoms with Gasteiger partial charge in [0.1, 0.15) is 0 Å². The fourth-order valence-corrected chi connectivity index (χ4v) is 4.76. The van der Waals surface area contributed by atoms with Crippen LogP contribution in [0.15, 0.2) is 95.9 Å². The summed E-state index contributed by atoms with van der Waals surface area (Å²) < 4.78 is 0. The lowest BCUT2D eigenvalue weighted by Crippen LogP contribution is -2.24. The molecule has 0 radical (unpaired) electrons. The number of fused-ring (bicyclic) bond motifs is 1. The second kappa shape index (κ2) is 10.9. The van der Waals surface area contributed by atoms with Crippen LogP contribution in [0.2, 0.25) is 0 Å². The lowest BCUT2D eigenvalue weighted by atomic mass is 10.1. The topological polar surface area (TPSA) is 95.5 Å². The van der Waals surface area contributed by atoms with Gasteiger partial charge in [-0.2, -0.15) is 0 Å². The molecule has 0 bridgehead atoms. The third-order valence-corrected chi connectivity index (χ3v) is 6.84. The summed E-state index contributed by atoms with van der Waals surface area (Å²) in [5.74, 6) is -1.77. The van der Waals surface area contributed by atoms with Gasteiger partial charge in [-0.3, -0.25) is 9.59 Å². The Hall–Kier alpha value is -4.10. The van der Waals surface area contributed by atoms with Crippen LogP contribution in [0.5, 0.6) is 0 Å². The number of rotatable bonds is 8. The maximum Gasteiger partial charge on any atom is 0.336 e. The van der Waals surface area contributed by atoms with Crippen molar-refractivity contribution in [2.45, 2.75) is 23.5 Å². The molecule has 1 unspecified atom stereocenters. The smallest absolute Gasteiger partial charge is 0.336 e. The maximum atomic E-state index is 13.1. The summed E-state index contributed by atoms with van der Waals surface area (Å²) in [6, 6.07) is 26.9. The summed E-state index contributed by atoms with van der Waals surface area (Å²) in [5.41, 5.74) is 1.31. The second-order valence-corrected chi connectivity index (χ2v) is 9.14. The lowest BCUT2D eigenvalue weighted by Gasteiger charge is -2.16. The fraction of sp³-hybridized carbons (Fsp3) is 0.107. The largest absolute Gasteiger partial charge is 0.478 e. The van der Waals surface area contributed by atoms with Crippen LogP contribution in [-0.4, -0.2) is 28.1 Å². The van der Waals surface area contributed by atoms with Crippen molar-refractivity contribution < 1.29 is 19.5 Å². The highest BCUT2D eigenvalue weighted by Gasteiger charge is 2.20. The first-order chi connectivity index (χ1) is 17.0. The molecule has 0 heterocycles. The van der Waals surface area contributed by atoms with Crippen molar-refractivity contribution in [3.05, 3.63) is 102 Å². The first kappa shape index (κ1) is 24.0. The Morgan fingerprint density at radius 2 is 1.51 bits per heavy atom. The summed E-state index contributed by atoms with van der Waals surface area (Å²) in [6.45, 7) is 1.95. The first-order valence-electron chi connectivity index (χ1n) is 11.1. The van der Waals surface area contributed by atoms with Crippen molar-refractivity contribution in [3.8, 4) is 0 Å². The zero-order valence-corrected chi connectivity index (χ0v) is 19.8. The second-order valence-electron chi connectivity index (χ2n) is 7.86. The standard InChI is InChI=1S/C28H24N2O4S/c1-2-25(27(32)30-24-16-7-10-18-9-3-4-13-21(18)24)35-20-12-8-11-19(17-20)29-26(31)22-14-5-6-15-23(22)28(33)34/h3-17,25H,2H2,1H3,(H,29,31)(H,30,32)(H,33,34). The highest BCUT2D eigenvalue weighted by molar-refractivity contribution is 8.00. The Morgan fingerprint density at radius 3 is 2.29 bits per heavy atom. The average Bonchev–Trinajstić information content (AvgIpc) is 2.87. The molecular formula is C28H24N2O4S. The number of hydrogen-bond donors (Lipinski definition) is 3. The lowest BCUT2D eigenvalue weighted by molar-refractivity contribution is -0.115. The summed E-state index contributed by atoms with van der Waals surface area (Å²) >= 11 is 1.41. The number of thioether (sulfide) groups is 1. The van der Waals surface area contributed by atoms with Crippen molar-refractivity contribution >= 4 is 51.7 Å². The molecule has 6 nitrogen and oxygen atoms in total. The van der Waals surface area contributed by atoms with Crippen LogP contribution >= 0.6 is 11.8 Å². The minimum atomic E-state index is -1.16. The maximum absolute atomic E-state index is 13.1. The summed E-state index contributed by atoms with van der Waals surface area (Å²) in [5, 5.41) is 16.9. The van der Waals surface area contributed by atoms with Crippen molar-refractivity contribution in [2.24, 2.45) is 0 Å². The summed E-state index contributed by atoms with van der Waals surface area (Å²) in [7, 11) is 0. The van der Waals surface area contributed by atoms with E-state index in [-0.39, 0.29) is 22.3 Å². The number of carbonyl (C=O) groups is 3. The molecule has 1 atom stereocenters. The molecule has 0 saturated heterocycles. The van der Waals surface area contributed by atoms with Crippen LogP contribution in [0.1, 0.15) is 34.1 Å². The molecule has 35 heavy (non-hydrogen) atoms. The Morgan fingerprint density at radius 1 is 0.829 bits per heavy atom. The van der Waals surface area contributed by atoms with Gasteiger partial charge in [-0.15, -0.1) is 11.8 Å². The van der Waals surface area contributed by atoms with E-state index in [0.29, 0.717) is 12.1 Å². The number of anilines is 2. The van der Waals surface area contributed by atoms with Gasteiger partial charge in [0.05, 0.1) is 16.4 Å². The molecule has 3 N–H and O–H groups in total. The molecular weight excluding hydrogens is 460 g/mol. The highest BCUT2D eigenvalue weighted by atomic mass is 32.2. The van der Waals surface area contributed by atoms with E-state index < -0.39 is 11.9 Å². The zero-order valence-electron chi connectivity index (χ0n) is 19.0. The molecule has 0 aliphatic carbocycles. The van der Waals surface area contributed by atoms with Crippen molar-refractivity contribution in [2.75, 3.05) is 10.6 Å². The highest BCUT2D eigenvalue weighted by Crippen LogP contribution is 2.30. The Labute approximate surface area is 207 Å². The number of aromatic carboxylic acids is 1. The molecule has 4 rings (SSSR count). The average molecular weight is 485 g/mol. The normalized spacial score (nSPS) is 11.6. The molecule has 7 heteroatoms. The number of carboxylic acid groups (broad SMARTS) is 1. The van der Waals surface area contributed by atoms with Crippen LogP contribution < -0.4 is 10.6 Å². The number of benzene rings is 4. The summed E-state index contributed by atoms with van der Waals surface area (Å²) in [6.07, 6.45) is 0.615. The predicted molar refractivity (Wildman–Crippen MR) is 140 cm³/mol. The van der Waals surface area contributed by atoms with Gasteiger partial charge in [-0.1, -0.05) is 61.5 Å². The van der Waals surface area contributed by atoms with E-state index in [1.807, 2.05) is 55.5 Å². The molecule has 0 fully saturated rings. The van der Waals surface area contributed by atoms with E-state index in [1.54, 1.807) is 30.3 Å². The monoisotopic (exact) mass is 484 g/mol. The third-order valence-electron chi connectivity index (χ3n) is 5.48. The number of carboxylic acids is 1. The first-order valence-corrected chi connectivity index (χ1v) is 12.0. The van der Waals surface area contributed by atoms with E-state index in [1.165, 1.54) is 23.9 Å². The fourth-order valence-electron chi connectivity index (χ4n) is 3.75. The van der Waals surface area contributed by atoms with Crippen LogP contribution in [0.4, 0.5) is 11.4 Å². The molecule has 176 valence electrons. The SMILES string of the molecule is CCC(Sc1cccc(NC(=O)c2ccccc2C(=O)O)c1)C(=O)Nc1cccc2ccccc12. The van der Waals surface area contributed by atoms with Crippen LogP contribution in [0.25, 0.3) is 10.8 Å². The van der Waals surface area contributed by atoms with Crippen LogP contribution in [-0.2, 0) is 4.79 Å². The molecule has 4 aromatic rings. The molecule has 2 amide bonds. The van der Waals surface area contributed by atoms with Gasteiger partial charge in [0.2, 0.25) is 5.91 Å². The van der Waals surface area contributed by atoms with E-state index in [0.717, 1.165) is 21.4 Å². The van der Waals surface area contributed by atoms with Gasteiger partial charge in [0.25, 0.3) is 5.91 Å². The van der Waals surface area contributed by atoms with E-state index in [9.17, 15) is 19.5 Å². The number of nitrogens with one attached hydrogen (secondary N) is 2. The minimum Gasteiger partial charge on any atom is -0.478 e. The molecule has 0 aliphatic rings. The zero-order chi connectivity index (χ0) is 24.8. The van der Waals surface area contributed by atoms with Gasteiger partial charge >= 0.3 is 5.97 Å². The quantitative estimate of drug-likeness (QED) is 0.255. The van der Waals surface area contributed by atoms with Crippen LogP contribution in [0.3, 0.4) is 0 Å². The van der Waals surface area contributed by atoms with E-state index in [2.05, 4.69) is 10.6 Å². The predicted octanol–water partition coefficient (Wildman–Crippen LogP) is 6.30. The van der Waals surface area contributed by atoms with Gasteiger partial charge in [0.15, 0.2) is 0 Å². The molecule has 0 aromatic heterocycles. The van der Waals surface area contributed by atoms with E-state index >= 15 is 0 Å². The van der Waals surface area contributed by atoms with Gasteiger partial charge < -0.3 is 15.7 Å². The van der Waals surface area contributed by atoms with Crippen molar-refractivity contribution in [1.82, 2.24) is 0 Å². The Kier molecular flexibility index (Phi) is 7.48. The minimum absolute atomic E-state index is 0.0633. The molecule has 0 saturated carbocycles. The Bertz CT molecular complexity index is 1400. The number of hydrogen-bond acceptors (Lipinski definition) is 4. The van der Waals surface area contributed by atoms with Gasteiger partial charge in [-0.05, 0) is 48.2 Å². The Balaban J connectivity index is 1.47. The summed E-state index contributed by atoms with van der Waals surface area (Å²) in [4.78, 5) is 38.0. The molecule has 4 aromatic carbocycles. The van der Waals surface area contributed by atoms with Crippen molar-refractivity contribution in [3.63, 3.8) is 0 Å². The molecule has 0 aliphatic heterocycles. The van der Waals surface area contributed by atoms with Crippen LogP contribution in [0, 0.1) is 0 Å². The third kappa shape index (κ3) is 5.70. The van der Waals surface area contributed by atoms with Gasteiger partial charge in [0, 0.05) is 21.7 Å².